The Morgan fingerprint density at radius 2 is 2.19 bits per heavy atom. The van der Waals surface area contributed by atoms with E-state index in [0.717, 1.165) is 0 Å². The Bertz CT molecular complexity index is 355. The predicted octanol–water partition coefficient (Wildman–Crippen LogP) is 2.78. The normalized spacial score (nSPS) is 14.8. The van der Waals surface area contributed by atoms with Crippen LogP contribution in [0.15, 0.2) is 18.2 Å². The molecule has 0 saturated carbocycles. The molecule has 0 amide bonds. The highest BCUT2D eigenvalue weighted by atomic mass is 35.5. The van der Waals surface area contributed by atoms with Gasteiger partial charge in [-0.3, -0.25) is 0 Å². The third-order valence-electron chi connectivity index (χ3n) is 2.24. The Hall–Kier alpha value is -0.640. The van der Waals surface area contributed by atoms with E-state index < -0.39 is 5.54 Å². The lowest BCUT2D eigenvalue weighted by molar-refractivity contribution is 0.101. The van der Waals surface area contributed by atoms with E-state index in [1.54, 1.807) is 6.07 Å². The maximum Gasteiger partial charge on any atom is 0.126 e. The summed E-state index contributed by atoms with van der Waals surface area (Å²) < 4.78 is 18.7. The van der Waals surface area contributed by atoms with Gasteiger partial charge in [-0.15, -0.1) is 0 Å². The topological polar surface area (TPSA) is 35.2 Å². The molecule has 0 spiro atoms. The molecule has 0 aromatic heterocycles. The van der Waals surface area contributed by atoms with Crippen LogP contribution in [0.2, 0.25) is 5.02 Å². The van der Waals surface area contributed by atoms with Gasteiger partial charge < -0.3 is 10.5 Å². The molecule has 1 rings (SSSR count). The number of benzene rings is 1. The lowest BCUT2D eigenvalue weighted by atomic mass is 9.94. The van der Waals surface area contributed by atoms with E-state index in [-0.39, 0.29) is 5.82 Å². The molecule has 0 fully saturated rings. The highest BCUT2D eigenvalue weighted by Gasteiger charge is 2.21. The Kier molecular flexibility index (Phi) is 4.71. The van der Waals surface area contributed by atoms with Crippen molar-refractivity contribution >= 4 is 11.6 Å². The molecule has 1 aromatic rings. The molecule has 1 aromatic carbocycles. The average molecular weight is 246 g/mol. The minimum Gasteiger partial charge on any atom is -0.380 e. The van der Waals surface area contributed by atoms with E-state index in [1.807, 2.05) is 13.8 Å². The molecule has 0 saturated heterocycles. The van der Waals surface area contributed by atoms with Crippen LogP contribution < -0.4 is 5.73 Å². The van der Waals surface area contributed by atoms with Gasteiger partial charge in [-0.05, 0) is 44.0 Å². The van der Waals surface area contributed by atoms with Crippen LogP contribution in [0.3, 0.4) is 0 Å². The monoisotopic (exact) mass is 245 g/mol. The quantitative estimate of drug-likeness (QED) is 0.866. The van der Waals surface area contributed by atoms with Crippen molar-refractivity contribution in [3.8, 4) is 0 Å². The molecule has 0 radical (unpaired) electrons. The molecule has 1 atom stereocenters. The molecular formula is C12H17ClFNO. The molecule has 4 heteroatoms. The standard InChI is InChI=1S/C12H17ClFNO/c1-3-16-8-12(2,15)7-9-6-10(13)4-5-11(9)14/h4-6H,3,7-8,15H2,1-2H3. The van der Waals surface area contributed by atoms with Crippen molar-refractivity contribution in [1.29, 1.82) is 0 Å². The minimum absolute atomic E-state index is 0.280. The fraction of sp³-hybridized carbons (Fsp3) is 0.500. The third kappa shape index (κ3) is 4.08. The maximum atomic E-state index is 13.5. The van der Waals surface area contributed by atoms with E-state index in [9.17, 15) is 4.39 Å². The second-order valence-electron chi connectivity index (χ2n) is 4.20. The zero-order valence-electron chi connectivity index (χ0n) is 9.59. The third-order valence-corrected chi connectivity index (χ3v) is 2.47. The number of halogens is 2. The Labute approximate surface area is 101 Å². The minimum atomic E-state index is -0.582. The number of hydrogen-bond acceptors (Lipinski definition) is 2. The van der Waals surface area contributed by atoms with Crippen molar-refractivity contribution in [3.63, 3.8) is 0 Å². The molecule has 0 aliphatic rings. The smallest absolute Gasteiger partial charge is 0.126 e. The van der Waals surface area contributed by atoms with Gasteiger partial charge in [-0.1, -0.05) is 11.6 Å². The number of nitrogens with two attached hydrogens (primary N) is 1. The summed E-state index contributed by atoms with van der Waals surface area (Å²) in [6.07, 6.45) is 0.402. The highest BCUT2D eigenvalue weighted by molar-refractivity contribution is 6.30. The van der Waals surface area contributed by atoms with E-state index in [0.29, 0.717) is 30.2 Å². The van der Waals surface area contributed by atoms with Gasteiger partial charge in [-0.2, -0.15) is 0 Å². The van der Waals surface area contributed by atoms with Crippen molar-refractivity contribution in [2.45, 2.75) is 25.8 Å². The summed E-state index contributed by atoms with van der Waals surface area (Å²) >= 11 is 5.81. The second kappa shape index (κ2) is 5.62. The first-order chi connectivity index (χ1) is 7.44. The molecule has 2 nitrogen and oxygen atoms in total. The Morgan fingerprint density at radius 3 is 2.81 bits per heavy atom. The maximum absolute atomic E-state index is 13.5. The number of hydrogen-bond donors (Lipinski definition) is 1. The Morgan fingerprint density at radius 1 is 1.50 bits per heavy atom. The van der Waals surface area contributed by atoms with Crippen molar-refractivity contribution in [2.75, 3.05) is 13.2 Å². The van der Waals surface area contributed by atoms with Gasteiger partial charge in [-0.25, -0.2) is 4.39 Å². The molecule has 90 valence electrons. The summed E-state index contributed by atoms with van der Waals surface area (Å²) in [4.78, 5) is 0. The van der Waals surface area contributed by atoms with Gasteiger partial charge in [0.1, 0.15) is 5.82 Å². The molecule has 0 bridgehead atoms. The highest BCUT2D eigenvalue weighted by Crippen LogP contribution is 2.19. The molecule has 1 unspecified atom stereocenters. The van der Waals surface area contributed by atoms with Gasteiger partial charge in [0.2, 0.25) is 0 Å². The van der Waals surface area contributed by atoms with Crippen LogP contribution in [0, 0.1) is 5.82 Å². The van der Waals surface area contributed by atoms with Crippen LogP contribution in [0.1, 0.15) is 19.4 Å². The molecule has 0 heterocycles. The fourth-order valence-corrected chi connectivity index (χ4v) is 1.69. The van der Waals surface area contributed by atoms with Gasteiger partial charge >= 0.3 is 0 Å². The zero-order valence-corrected chi connectivity index (χ0v) is 10.4. The van der Waals surface area contributed by atoms with Crippen molar-refractivity contribution in [3.05, 3.63) is 34.6 Å². The van der Waals surface area contributed by atoms with Crippen LogP contribution in [-0.2, 0) is 11.2 Å². The molecule has 16 heavy (non-hydrogen) atoms. The van der Waals surface area contributed by atoms with Crippen molar-refractivity contribution < 1.29 is 9.13 Å². The molecule has 0 aliphatic carbocycles. The summed E-state index contributed by atoms with van der Waals surface area (Å²) in [6.45, 7) is 4.74. The first-order valence-corrected chi connectivity index (χ1v) is 5.63. The number of ether oxygens (including phenoxy) is 1. The van der Waals surface area contributed by atoms with E-state index in [2.05, 4.69) is 0 Å². The largest absolute Gasteiger partial charge is 0.380 e. The lowest BCUT2D eigenvalue weighted by Crippen LogP contribution is -2.43. The average Bonchev–Trinajstić information content (AvgIpc) is 2.20. The molecule has 0 aliphatic heterocycles. The first-order valence-electron chi connectivity index (χ1n) is 5.25. The van der Waals surface area contributed by atoms with Crippen LogP contribution in [0.5, 0.6) is 0 Å². The second-order valence-corrected chi connectivity index (χ2v) is 4.64. The van der Waals surface area contributed by atoms with E-state index in [1.165, 1.54) is 12.1 Å². The molecule has 2 N–H and O–H groups in total. The van der Waals surface area contributed by atoms with E-state index in [4.69, 9.17) is 22.1 Å². The van der Waals surface area contributed by atoms with Gasteiger partial charge in [0.25, 0.3) is 0 Å². The summed E-state index contributed by atoms with van der Waals surface area (Å²) in [5.74, 6) is -0.280. The summed E-state index contributed by atoms with van der Waals surface area (Å²) in [5.41, 5.74) is 5.96. The summed E-state index contributed by atoms with van der Waals surface area (Å²) in [6, 6.07) is 4.49. The Balaban J connectivity index is 2.74. The van der Waals surface area contributed by atoms with Gasteiger partial charge in [0.05, 0.1) is 6.61 Å². The van der Waals surface area contributed by atoms with Crippen molar-refractivity contribution in [2.24, 2.45) is 5.73 Å². The van der Waals surface area contributed by atoms with Gasteiger partial charge in [0.15, 0.2) is 0 Å². The fourth-order valence-electron chi connectivity index (χ4n) is 1.50. The SMILES string of the molecule is CCOCC(C)(N)Cc1cc(Cl)ccc1F. The first kappa shape index (κ1) is 13.4. The van der Waals surface area contributed by atoms with Crippen LogP contribution >= 0.6 is 11.6 Å². The number of rotatable bonds is 5. The molecular weight excluding hydrogens is 229 g/mol. The van der Waals surface area contributed by atoms with E-state index >= 15 is 0 Å². The van der Waals surface area contributed by atoms with Gasteiger partial charge in [0, 0.05) is 17.2 Å². The van der Waals surface area contributed by atoms with Crippen LogP contribution in [-0.4, -0.2) is 18.8 Å². The summed E-state index contributed by atoms with van der Waals surface area (Å²) in [7, 11) is 0. The zero-order chi connectivity index (χ0) is 12.2. The van der Waals surface area contributed by atoms with Crippen LogP contribution in [0.4, 0.5) is 4.39 Å². The predicted molar refractivity (Wildman–Crippen MR) is 64.2 cm³/mol. The summed E-state index contributed by atoms with van der Waals surface area (Å²) in [5, 5.41) is 0.517. The van der Waals surface area contributed by atoms with Crippen molar-refractivity contribution in [1.82, 2.24) is 0 Å². The van der Waals surface area contributed by atoms with Crippen LogP contribution in [0.25, 0.3) is 0 Å². The lowest BCUT2D eigenvalue weighted by Gasteiger charge is -2.24.